The highest BCUT2D eigenvalue weighted by Crippen LogP contribution is 2.30. The van der Waals surface area contributed by atoms with Gasteiger partial charge < -0.3 is 9.64 Å². The van der Waals surface area contributed by atoms with E-state index in [1.807, 2.05) is 18.2 Å². The minimum atomic E-state index is -3.57. The van der Waals surface area contributed by atoms with Crippen LogP contribution in [0.2, 0.25) is 5.02 Å². The zero-order valence-electron chi connectivity index (χ0n) is 17.8. The molecule has 2 aliphatic rings. The van der Waals surface area contributed by atoms with Crippen LogP contribution in [0.3, 0.4) is 0 Å². The van der Waals surface area contributed by atoms with Crippen molar-refractivity contribution in [1.29, 1.82) is 0 Å². The lowest BCUT2D eigenvalue weighted by atomic mass is 9.89. The molecule has 1 saturated heterocycles. The molecule has 31 heavy (non-hydrogen) atoms. The van der Waals surface area contributed by atoms with E-state index in [1.54, 1.807) is 31.4 Å². The van der Waals surface area contributed by atoms with Gasteiger partial charge in [0, 0.05) is 43.3 Å². The summed E-state index contributed by atoms with van der Waals surface area (Å²) in [4.78, 5) is 5.08. The van der Waals surface area contributed by atoms with Crippen LogP contribution in [0.4, 0.5) is 5.69 Å². The van der Waals surface area contributed by atoms with Crippen LogP contribution in [0, 0.1) is 0 Å². The molecule has 0 spiro atoms. The monoisotopic (exact) mass is 463 g/mol. The van der Waals surface area contributed by atoms with Crippen molar-refractivity contribution in [3.05, 3.63) is 53.6 Å². The predicted octanol–water partition coefficient (Wildman–Crippen LogP) is 3.76. The molecule has 0 aromatic heterocycles. The van der Waals surface area contributed by atoms with E-state index in [1.165, 1.54) is 0 Å². The lowest BCUT2D eigenvalue weighted by molar-refractivity contribution is 0.124. The number of hydrogen-bond acceptors (Lipinski definition) is 5. The molecule has 168 valence electrons. The molecule has 0 unspecified atom stereocenters. The molecule has 2 fully saturated rings. The number of benzene rings is 2. The van der Waals surface area contributed by atoms with E-state index >= 15 is 0 Å². The first-order valence-corrected chi connectivity index (χ1v) is 12.7. The van der Waals surface area contributed by atoms with E-state index in [0.29, 0.717) is 5.02 Å². The highest BCUT2D eigenvalue weighted by atomic mass is 35.5. The van der Waals surface area contributed by atoms with Crippen molar-refractivity contribution < 1.29 is 13.2 Å². The maximum atomic E-state index is 13.0. The molecule has 2 aromatic rings. The van der Waals surface area contributed by atoms with Gasteiger partial charge in [0.25, 0.3) is 0 Å². The Morgan fingerprint density at radius 3 is 2.35 bits per heavy atom. The zero-order valence-corrected chi connectivity index (χ0v) is 19.4. The third-order valence-corrected chi connectivity index (χ3v) is 8.13. The van der Waals surface area contributed by atoms with Crippen LogP contribution < -0.4 is 14.4 Å². The van der Waals surface area contributed by atoms with Gasteiger partial charge in [-0.3, -0.25) is 4.90 Å². The molecule has 1 heterocycles. The van der Waals surface area contributed by atoms with Crippen molar-refractivity contribution in [2.24, 2.45) is 0 Å². The number of rotatable bonds is 6. The van der Waals surface area contributed by atoms with E-state index in [2.05, 4.69) is 20.6 Å². The average molecular weight is 464 g/mol. The van der Waals surface area contributed by atoms with Crippen molar-refractivity contribution in [3.63, 3.8) is 0 Å². The van der Waals surface area contributed by atoms with Gasteiger partial charge in [-0.25, -0.2) is 13.1 Å². The van der Waals surface area contributed by atoms with Crippen LogP contribution in [-0.4, -0.2) is 58.7 Å². The molecule has 8 heteroatoms. The number of para-hydroxylation sites is 2. The van der Waals surface area contributed by atoms with Crippen molar-refractivity contribution in [2.45, 2.75) is 42.7 Å². The van der Waals surface area contributed by atoms with Gasteiger partial charge in [0.15, 0.2) is 0 Å². The summed E-state index contributed by atoms with van der Waals surface area (Å²) < 4.78 is 34.4. The van der Waals surface area contributed by atoms with E-state index in [9.17, 15) is 8.42 Å². The predicted molar refractivity (Wildman–Crippen MR) is 125 cm³/mol. The molecule has 1 aliphatic heterocycles. The summed E-state index contributed by atoms with van der Waals surface area (Å²) >= 11 is 5.92. The van der Waals surface area contributed by atoms with Crippen LogP contribution in [0.1, 0.15) is 25.7 Å². The Bertz CT molecular complexity index is 976. The number of sulfonamides is 1. The zero-order chi connectivity index (χ0) is 21.8. The van der Waals surface area contributed by atoms with Gasteiger partial charge in [-0.05, 0) is 49.2 Å². The second kappa shape index (κ2) is 9.77. The van der Waals surface area contributed by atoms with Crippen molar-refractivity contribution in [3.8, 4) is 5.75 Å². The Hall–Kier alpha value is -1.80. The van der Waals surface area contributed by atoms with Gasteiger partial charge in [-0.15, -0.1) is 0 Å². The molecule has 0 radical (unpaired) electrons. The topological polar surface area (TPSA) is 61.9 Å². The van der Waals surface area contributed by atoms with Crippen LogP contribution in [-0.2, 0) is 10.0 Å². The van der Waals surface area contributed by atoms with Gasteiger partial charge in [-0.1, -0.05) is 36.6 Å². The number of nitrogens with zero attached hydrogens (tertiary/aromatic N) is 2. The second-order valence-corrected chi connectivity index (χ2v) is 10.4. The number of nitrogens with one attached hydrogen (secondary N) is 1. The smallest absolute Gasteiger partial charge is 0.240 e. The van der Waals surface area contributed by atoms with Crippen molar-refractivity contribution >= 4 is 27.3 Å². The van der Waals surface area contributed by atoms with Gasteiger partial charge in [0.1, 0.15) is 5.75 Å². The Balaban J connectivity index is 1.43. The second-order valence-electron chi connectivity index (χ2n) is 8.23. The molecule has 4 rings (SSSR count). The van der Waals surface area contributed by atoms with Gasteiger partial charge in [-0.2, -0.15) is 0 Å². The third kappa shape index (κ3) is 5.17. The molecular weight excluding hydrogens is 434 g/mol. The Morgan fingerprint density at radius 2 is 1.65 bits per heavy atom. The Labute approximate surface area is 190 Å². The minimum Gasteiger partial charge on any atom is -0.495 e. The summed E-state index contributed by atoms with van der Waals surface area (Å²) in [6.07, 6.45) is 4.06. The number of halogens is 1. The summed E-state index contributed by atoms with van der Waals surface area (Å²) in [5, 5.41) is 0.530. The molecule has 2 atom stereocenters. The molecule has 1 saturated carbocycles. The first-order chi connectivity index (χ1) is 15.0. The lowest BCUT2D eigenvalue weighted by Crippen LogP contribution is -2.58. The first-order valence-electron chi connectivity index (χ1n) is 10.9. The fourth-order valence-electron chi connectivity index (χ4n) is 4.75. The van der Waals surface area contributed by atoms with Gasteiger partial charge in [0.05, 0.1) is 17.7 Å². The third-order valence-electron chi connectivity index (χ3n) is 6.37. The van der Waals surface area contributed by atoms with E-state index in [0.717, 1.165) is 63.3 Å². The maximum Gasteiger partial charge on any atom is 0.240 e. The first kappa shape index (κ1) is 22.4. The standard InChI is InChI=1S/C23H30ClN3O3S/c1-30-23-9-5-4-8-22(23)27-16-14-26(15-17-27)21-7-3-2-6-20(21)25-31(28,29)19-12-10-18(24)11-13-19/h4-5,8-13,20-21,25H,2-3,6-7,14-17H2,1H3/t20-,21+/m1/s1. The van der Waals surface area contributed by atoms with Crippen LogP contribution in [0.5, 0.6) is 5.75 Å². The van der Waals surface area contributed by atoms with E-state index in [4.69, 9.17) is 16.3 Å². The Morgan fingerprint density at radius 1 is 0.968 bits per heavy atom. The van der Waals surface area contributed by atoms with Crippen LogP contribution >= 0.6 is 11.6 Å². The Kier molecular flexibility index (Phi) is 7.06. The minimum absolute atomic E-state index is 0.0766. The molecule has 0 amide bonds. The van der Waals surface area contributed by atoms with E-state index in [-0.39, 0.29) is 17.0 Å². The number of methoxy groups -OCH3 is 1. The van der Waals surface area contributed by atoms with Crippen molar-refractivity contribution in [2.75, 3.05) is 38.2 Å². The fourth-order valence-corrected chi connectivity index (χ4v) is 6.18. The molecule has 1 aliphatic carbocycles. The van der Waals surface area contributed by atoms with Crippen molar-refractivity contribution in [1.82, 2.24) is 9.62 Å². The van der Waals surface area contributed by atoms with Crippen LogP contribution in [0.25, 0.3) is 0 Å². The summed E-state index contributed by atoms with van der Waals surface area (Å²) in [6, 6.07) is 14.6. The number of anilines is 1. The van der Waals surface area contributed by atoms with E-state index < -0.39 is 10.0 Å². The maximum absolute atomic E-state index is 13.0. The van der Waals surface area contributed by atoms with Gasteiger partial charge >= 0.3 is 0 Å². The average Bonchev–Trinajstić information content (AvgIpc) is 2.79. The SMILES string of the molecule is COc1ccccc1N1CCN([C@H]2CCCC[C@H]2NS(=O)(=O)c2ccc(Cl)cc2)CC1. The molecule has 2 aromatic carbocycles. The molecule has 0 bridgehead atoms. The lowest BCUT2D eigenvalue weighted by Gasteiger charge is -2.44. The largest absolute Gasteiger partial charge is 0.495 e. The summed E-state index contributed by atoms with van der Waals surface area (Å²) in [6.45, 7) is 3.60. The highest BCUT2D eigenvalue weighted by molar-refractivity contribution is 7.89. The summed E-state index contributed by atoms with van der Waals surface area (Å²) in [5.41, 5.74) is 1.12. The number of hydrogen-bond donors (Lipinski definition) is 1. The number of piperazine rings is 1. The molecule has 6 nitrogen and oxygen atoms in total. The summed E-state index contributed by atoms with van der Waals surface area (Å²) in [7, 11) is -1.87. The van der Waals surface area contributed by atoms with Crippen LogP contribution in [0.15, 0.2) is 53.4 Å². The summed E-state index contributed by atoms with van der Waals surface area (Å²) in [5.74, 6) is 0.891. The normalized spacial score (nSPS) is 23.0. The number of ether oxygens (including phenoxy) is 1. The quantitative estimate of drug-likeness (QED) is 0.706. The fraction of sp³-hybridized carbons (Fsp3) is 0.478. The van der Waals surface area contributed by atoms with Gasteiger partial charge in [0.2, 0.25) is 10.0 Å². The molecule has 1 N–H and O–H groups in total. The highest BCUT2D eigenvalue weighted by Gasteiger charge is 2.35. The molecular formula is C23H30ClN3O3S.